The van der Waals surface area contributed by atoms with Gasteiger partial charge in [-0.3, -0.25) is 9.59 Å². The Morgan fingerprint density at radius 2 is 1.95 bits per heavy atom. The van der Waals surface area contributed by atoms with Crippen LogP contribution in [0.2, 0.25) is 0 Å². The van der Waals surface area contributed by atoms with Crippen molar-refractivity contribution in [1.29, 1.82) is 0 Å². The molecule has 0 aromatic heterocycles. The van der Waals surface area contributed by atoms with Crippen LogP contribution < -0.4 is 11.1 Å². The fourth-order valence-corrected chi connectivity index (χ4v) is 2.56. The Hall–Kier alpha value is -1.79. The number of primary amides is 1. The van der Waals surface area contributed by atoms with Crippen molar-refractivity contribution in [3.05, 3.63) is 0 Å². The average Bonchev–Trinajstić information content (AvgIpc) is 2.38. The van der Waals surface area contributed by atoms with Crippen LogP contribution in [0.3, 0.4) is 0 Å². The van der Waals surface area contributed by atoms with Crippen LogP contribution in [-0.2, 0) is 9.59 Å². The molecule has 7 heteroatoms. The number of nitrogens with zero attached hydrogens (tertiary/aromatic N) is 1. The van der Waals surface area contributed by atoms with Crippen molar-refractivity contribution < 1.29 is 19.5 Å². The highest BCUT2D eigenvalue weighted by Gasteiger charge is 2.24. The highest BCUT2D eigenvalue weighted by molar-refractivity contribution is 5.75. The SMILES string of the molecule is CC(CCCC(=O)O)NC(=O)N1CCC(CC(N)=O)CC1. The molecule has 0 spiro atoms. The van der Waals surface area contributed by atoms with Crippen molar-refractivity contribution in [3.63, 3.8) is 0 Å². The topological polar surface area (TPSA) is 113 Å². The summed E-state index contributed by atoms with van der Waals surface area (Å²) in [4.78, 5) is 35.1. The van der Waals surface area contributed by atoms with E-state index in [1.165, 1.54) is 0 Å². The van der Waals surface area contributed by atoms with Crippen molar-refractivity contribution in [2.45, 2.75) is 51.5 Å². The third kappa shape index (κ3) is 6.97. The van der Waals surface area contributed by atoms with E-state index in [2.05, 4.69) is 5.32 Å². The smallest absolute Gasteiger partial charge is 0.317 e. The molecule has 3 amide bonds. The molecular formula is C14H25N3O4. The number of aliphatic carboxylic acids is 1. The maximum atomic E-state index is 12.0. The number of rotatable bonds is 7. The first-order chi connectivity index (χ1) is 9.88. The summed E-state index contributed by atoms with van der Waals surface area (Å²) in [5, 5.41) is 11.5. The standard InChI is InChI=1S/C14H25N3O4/c1-10(3-2-4-13(19)20)16-14(21)17-7-5-11(6-8-17)9-12(15)18/h10-11H,2-9H2,1H3,(H2,15,18)(H,16,21)(H,19,20). The summed E-state index contributed by atoms with van der Waals surface area (Å²) in [7, 11) is 0. The largest absolute Gasteiger partial charge is 0.481 e. The fraction of sp³-hybridized carbons (Fsp3) is 0.786. The average molecular weight is 299 g/mol. The molecule has 120 valence electrons. The van der Waals surface area contributed by atoms with E-state index in [-0.39, 0.29) is 30.3 Å². The summed E-state index contributed by atoms with van der Waals surface area (Å²) in [6.07, 6.45) is 3.31. The third-order valence-corrected chi connectivity index (χ3v) is 3.79. The van der Waals surface area contributed by atoms with Gasteiger partial charge in [-0.1, -0.05) is 0 Å². The summed E-state index contributed by atoms with van der Waals surface area (Å²) >= 11 is 0. The molecule has 1 atom stereocenters. The van der Waals surface area contributed by atoms with Gasteiger partial charge in [-0.05, 0) is 38.5 Å². The maximum Gasteiger partial charge on any atom is 0.317 e. The zero-order valence-electron chi connectivity index (χ0n) is 12.5. The lowest BCUT2D eigenvalue weighted by atomic mass is 9.93. The Kier molecular flexibility index (Phi) is 6.98. The zero-order chi connectivity index (χ0) is 15.8. The van der Waals surface area contributed by atoms with E-state index in [4.69, 9.17) is 10.8 Å². The second-order valence-electron chi connectivity index (χ2n) is 5.74. The van der Waals surface area contributed by atoms with E-state index in [1.54, 1.807) is 4.90 Å². The van der Waals surface area contributed by atoms with Crippen LogP contribution >= 0.6 is 0 Å². The molecule has 1 saturated heterocycles. The lowest BCUT2D eigenvalue weighted by molar-refractivity contribution is -0.137. The molecule has 0 aromatic rings. The minimum atomic E-state index is -0.815. The van der Waals surface area contributed by atoms with Gasteiger partial charge in [0.25, 0.3) is 0 Å². The number of likely N-dealkylation sites (tertiary alicyclic amines) is 1. The van der Waals surface area contributed by atoms with E-state index >= 15 is 0 Å². The Balaban J connectivity index is 2.24. The van der Waals surface area contributed by atoms with E-state index in [1.807, 2.05) is 6.92 Å². The quantitative estimate of drug-likeness (QED) is 0.649. The van der Waals surface area contributed by atoms with Crippen molar-refractivity contribution in [1.82, 2.24) is 10.2 Å². The highest BCUT2D eigenvalue weighted by Crippen LogP contribution is 2.20. The van der Waals surface area contributed by atoms with Crippen molar-refractivity contribution >= 4 is 17.9 Å². The Morgan fingerprint density at radius 3 is 2.48 bits per heavy atom. The molecule has 0 aromatic carbocycles. The normalized spacial score (nSPS) is 17.3. The van der Waals surface area contributed by atoms with Crippen LogP contribution in [0, 0.1) is 5.92 Å². The van der Waals surface area contributed by atoms with Gasteiger partial charge >= 0.3 is 12.0 Å². The number of carbonyl (C=O) groups is 3. The van der Waals surface area contributed by atoms with Crippen LogP contribution in [0.5, 0.6) is 0 Å². The summed E-state index contributed by atoms with van der Waals surface area (Å²) in [6, 6.07) is -0.157. The van der Waals surface area contributed by atoms with Crippen molar-refractivity contribution in [3.8, 4) is 0 Å². The molecule has 0 radical (unpaired) electrons. The number of nitrogens with one attached hydrogen (secondary N) is 1. The molecule has 1 fully saturated rings. The summed E-state index contributed by atoms with van der Waals surface area (Å²) in [5.41, 5.74) is 5.18. The van der Waals surface area contributed by atoms with E-state index in [9.17, 15) is 14.4 Å². The van der Waals surface area contributed by atoms with Crippen LogP contribution in [0.25, 0.3) is 0 Å². The lowest BCUT2D eigenvalue weighted by Gasteiger charge is -2.32. The zero-order valence-corrected chi connectivity index (χ0v) is 12.5. The fourth-order valence-electron chi connectivity index (χ4n) is 2.56. The number of hydrogen-bond donors (Lipinski definition) is 3. The second kappa shape index (κ2) is 8.49. The van der Waals surface area contributed by atoms with Gasteiger partial charge in [-0.2, -0.15) is 0 Å². The number of urea groups is 1. The summed E-state index contributed by atoms with van der Waals surface area (Å²) < 4.78 is 0. The monoisotopic (exact) mass is 299 g/mol. The Morgan fingerprint density at radius 1 is 1.33 bits per heavy atom. The van der Waals surface area contributed by atoms with Gasteiger partial charge in [-0.25, -0.2) is 4.79 Å². The minimum absolute atomic E-state index is 0.0415. The van der Waals surface area contributed by atoms with Gasteiger partial charge in [0.05, 0.1) is 0 Å². The predicted molar refractivity (Wildman–Crippen MR) is 77.6 cm³/mol. The van der Waals surface area contributed by atoms with E-state index < -0.39 is 5.97 Å². The number of nitrogens with two attached hydrogens (primary N) is 1. The molecule has 7 nitrogen and oxygen atoms in total. The van der Waals surface area contributed by atoms with Crippen molar-refractivity contribution in [2.75, 3.05) is 13.1 Å². The van der Waals surface area contributed by atoms with Gasteiger partial charge < -0.3 is 21.1 Å². The van der Waals surface area contributed by atoms with Crippen LogP contribution in [0.1, 0.15) is 45.4 Å². The maximum absolute atomic E-state index is 12.0. The molecule has 21 heavy (non-hydrogen) atoms. The van der Waals surface area contributed by atoms with E-state index in [0.29, 0.717) is 32.4 Å². The van der Waals surface area contributed by atoms with Crippen LogP contribution in [0.4, 0.5) is 4.79 Å². The first kappa shape index (κ1) is 17.3. The number of piperidine rings is 1. The highest BCUT2D eigenvalue weighted by atomic mass is 16.4. The molecule has 1 unspecified atom stereocenters. The molecule has 1 rings (SSSR count). The van der Waals surface area contributed by atoms with Gasteiger partial charge in [-0.15, -0.1) is 0 Å². The van der Waals surface area contributed by atoms with Crippen LogP contribution in [0.15, 0.2) is 0 Å². The molecule has 1 aliphatic heterocycles. The van der Waals surface area contributed by atoms with E-state index in [0.717, 1.165) is 12.8 Å². The minimum Gasteiger partial charge on any atom is -0.481 e. The van der Waals surface area contributed by atoms with Gasteiger partial charge in [0.2, 0.25) is 5.91 Å². The first-order valence-corrected chi connectivity index (χ1v) is 7.44. The lowest BCUT2D eigenvalue weighted by Crippen LogP contribution is -2.47. The van der Waals surface area contributed by atoms with Gasteiger partial charge in [0, 0.05) is 32.0 Å². The molecule has 0 aliphatic carbocycles. The summed E-state index contributed by atoms with van der Waals surface area (Å²) in [6.45, 7) is 3.14. The second-order valence-corrected chi connectivity index (χ2v) is 5.74. The molecule has 1 heterocycles. The van der Waals surface area contributed by atoms with Gasteiger partial charge in [0.15, 0.2) is 0 Å². The van der Waals surface area contributed by atoms with Gasteiger partial charge in [0.1, 0.15) is 0 Å². The van der Waals surface area contributed by atoms with Crippen molar-refractivity contribution in [2.24, 2.45) is 11.7 Å². The molecule has 0 saturated carbocycles. The molecule has 1 aliphatic rings. The Bertz CT molecular complexity index is 378. The molecule has 0 bridgehead atoms. The number of carboxylic acid groups (broad SMARTS) is 1. The number of amides is 3. The number of carbonyl (C=O) groups excluding carboxylic acids is 2. The molecule has 4 N–H and O–H groups in total. The molecular weight excluding hydrogens is 274 g/mol. The summed E-state index contributed by atoms with van der Waals surface area (Å²) in [5.74, 6) is -0.824. The first-order valence-electron chi connectivity index (χ1n) is 7.44. The third-order valence-electron chi connectivity index (χ3n) is 3.79. The number of carboxylic acids is 1. The van der Waals surface area contributed by atoms with Crippen LogP contribution in [-0.4, -0.2) is 47.0 Å². The number of hydrogen-bond acceptors (Lipinski definition) is 3. The predicted octanol–water partition coefficient (Wildman–Crippen LogP) is 0.927. The Labute approximate surface area is 124 Å².